The topological polar surface area (TPSA) is 21.6 Å². The molecule has 3 aromatic rings. The maximum absolute atomic E-state index is 5.90. The minimum absolute atomic E-state index is 0.125. The van der Waals surface area contributed by atoms with Crippen LogP contribution in [0.5, 0.6) is 5.75 Å². The normalized spacial score (nSPS) is 12.4. The molecule has 0 aromatic heterocycles. The number of benzene rings is 3. The molecule has 0 aliphatic carbocycles. The Labute approximate surface area is 162 Å². The standard InChI is InChI=1S/C25H27NO/c1-19(2)23-12-14-24(15-13-23)20(3)26-17-22-10-7-11-25(16-22)27-18-21-8-5-4-6-9-21/h4-17,19-20H,18H2,1-3H3. The highest BCUT2D eigenvalue weighted by molar-refractivity contribution is 5.80. The highest BCUT2D eigenvalue weighted by Crippen LogP contribution is 2.21. The fourth-order valence-corrected chi connectivity index (χ4v) is 2.87. The van der Waals surface area contributed by atoms with Crippen LogP contribution in [0.15, 0.2) is 83.9 Å². The smallest absolute Gasteiger partial charge is 0.120 e. The predicted molar refractivity (Wildman–Crippen MR) is 114 cm³/mol. The van der Waals surface area contributed by atoms with Gasteiger partial charge in [0.1, 0.15) is 12.4 Å². The van der Waals surface area contributed by atoms with Gasteiger partial charge < -0.3 is 4.74 Å². The average molecular weight is 357 g/mol. The first-order chi connectivity index (χ1) is 13.1. The first-order valence-electron chi connectivity index (χ1n) is 9.51. The molecule has 0 saturated heterocycles. The number of aliphatic imine (C=N–C) groups is 1. The van der Waals surface area contributed by atoms with Gasteiger partial charge in [-0.3, -0.25) is 4.99 Å². The van der Waals surface area contributed by atoms with Gasteiger partial charge in [-0.05, 0) is 47.2 Å². The summed E-state index contributed by atoms with van der Waals surface area (Å²) in [6.45, 7) is 7.11. The van der Waals surface area contributed by atoms with Crippen molar-refractivity contribution in [3.8, 4) is 5.75 Å². The molecule has 138 valence electrons. The predicted octanol–water partition coefficient (Wildman–Crippen LogP) is 6.57. The van der Waals surface area contributed by atoms with Crippen LogP contribution in [-0.2, 0) is 6.61 Å². The third-order valence-electron chi connectivity index (χ3n) is 4.64. The Morgan fingerprint density at radius 1 is 0.815 bits per heavy atom. The van der Waals surface area contributed by atoms with Crippen LogP contribution >= 0.6 is 0 Å². The van der Waals surface area contributed by atoms with Gasteiger partial charge in [0.2, 0.25) is 0 Å². The van der Waals surface area contributed by atoms with E-state index in [1.807, 2.05) is 48.7 Å². The van der Waals surface area contributed by atoms with E-state index in [0.717, 1.165) is 16.9 Å². The molecule has 1 atom stereocenters. The highest BCUT2D eigenvalue weighted by atomic mass is 16.5. The second-order valence-corrected chi connectivity index (χ2v) is 7.12. The summed E-state index contributed by atoms with van der Waals surface area (Å²) >= 11 is 0. The fourth-order valence-electron chi connectivity index (χ4n) is 2.87. The Hall–Kier alpha value is -2.87. The molecule has 0 aliphatic rings. The largest absolute Gasteiger partial charge is 0.489 e. The zero-order valence-corrected chi connectivity index (χ0v) is 16.3. The summed E-state index contributed by atoms with van der Waals surface area (Å²) in [5.74, 6) is 1.41. The summed E-state index contributed by atoms with van der Waals surface area (Å²) in [5, 5.41) is 0. The summed E-state index contributed by atoms with van der Waals surface area (Å²) in [6, 6.07) is 27.1. The van der Waals surface area contributed by atoms with Gasteiger partial charge in [-0.1, -0.05) is 80.6 Å². The zero-order valence-electron chi connectivity index (χ0n) is 16.3. The van der Waals surface area contributed by atoms with E-state index in [1.165, 1.54) is 11.1 Å². The number of nitrogens with zero attached hydrogens (tertiary/aromatic N) is 1. The van der Waals surface area contributed by atoms with Gasteiger partial charge in [-0.15, -0.1) is 0 Å². The average Bonchev–Trinajstić information content (AvgIpc) is 2.71. The van der Waals surface area contributed by atoms with Crippen LogP contribution in [0.2, 0.25) is 0 Å². The van der Waals surface area contributed by atoms with E-state index >= 15 is 0 Å². The van der Waals surface area contributed by atoms with Gasteiger partial charge in [-0.25, -0.2) is 0 Å². The van der Waals surface area contributed by atoms with Crippen LogP contribution in [0.3, 0.4) is 0 Å². The van der Waals surface area contributed by atoms with Crippen LogP contribution in [0.25, 0.3) is 0 Å². The molecular formula is C25H27NO. The van der Waals surface area contributed by atoms with Crippen molar-refractivity contribution in [3.05, 3.63) is 101 Å². The molecule has 0 N–H and O–H groups in total. The summed E-state index contributed by atoms with van der Waals surface area (Å²) in [6.07, 6.45) is 1.93. The van der Waals surface area contributed by atoms with Crippen molar-refractivity contribution in [2.45, 2.75) is 39.3 Å². The summed E-state index contributed by atoms with van der Waals surface area (Å²) < 4.78 is 5.90. The second-order valence-electron chi connectivity index (χ2n) is 7.12. The number of rotatable bonds is 7. The monoisotopic (exact) mass is 357 g/mol. The summed E-state index contributed by atoms with van der Waals surface area (Å²) in [7, 11) is 0. The number of hydrogen-bond donors (Lipinski definition) is 0. The van der Waals surface area contributed by atoms with Crippen molar-refractivity contribution < 1.29 is 4.74 Å². The minimum Gasteiger partial charge on any atom is -0.489 e. The lowest BCUT2D eigenvalue weighted by atomic mass is 10.00. The molecule has 3 rings (SSSR count). The number of hydrogen-bond acceptors (Lipinski definition) is 2. The van der Waals surface area contributed by atoms with Gasteiger partial charge >= 0.3 is 0 Å². The molecule has 2 heteroatoms. The van der Waals surface area contributed by atoms with Gasteiger partial charge in [-0.2, -0.15) is 0 Å². The van der Waals surface area contributed by atoms with Gasteiger partial charge in [0.15, 0.2) is 0 Å². The van der Waals surface area contributed by atoms with E-state index in [-0.39, 0.29) is 6.04 Å². The van der Waals surface area contributed by atoms with Crippen molar-refractivity contribution in [3.63, 3.8) is 0 Å². The lowest BCUT2D eigenvalue weighted by Gasteiger charge is -2.10. The van der Waals surface area contributed by atoms with Crippen molar-refractivity contribution in [1.82, 2.24) is 0 Å². The van der Waals surface area contributed by atoms with Crippen LogP contribution < -0.4 is 4.74 Å². The molecule has 0 fully saturated rings. The SMILES string of the molecule is CC(C)c1ccc(C(C)N=Cc2cccc(OCc3ccccc3)c2)cc1. The molecule has 0 heterocycles. The Morgan fingerprint density at radius 3 is 2.22 bits per heavy atom. The first kappa shape index (κ1) is 18.9. The van der Waals surface area contributed by atoms with Crippen molar-refractivity contribution in [1.29, 1.82) is 0 Å². The molecule has 2 nitrogen and oxygen atoms in total. The maximum atomic E-state index is 5.90. The summed E-state index contributed by atoms with van der Waals surface area (Å²) in [4.78, 5) is 4.72. The number of ether oxygens (including phenoxy) is 1. The lowest BCUT2D eigenvalue weighted by Crippen LogP contribution is -1.96. The van der Waals surface area contributed by atoms with Crippen molar-refractivity contribution in [2.75, 3.05) is 0 Å². The Kier molecular flexibility index (Phi) is 6.43. The van der Waals surface area contributed by atoms with E-state index < -0.39 is 0 Å². The van der Waals surface area contributed by atoms with Crippen LogP contribution in [0, 0.1) is 0 Å². The van der Waals surface area contributed by atoms with Crippen LogP contribution in [-0.4, -0.2) is 6.21 Å². The van der Waals surface area contributed by atoms with Crippen LogP contribution in [0.1, 0.15) is 55.0 Å². The van der Waals surface area contributed by atoms with Crippen LogP contribution in [0.4, 0.5) is 0 Å². The van der Waals surface area contributed by atoms with E-state index in [4.69, 9.17) is 9.73 Å². The zero-order chi connectivity index (χ0) is 19.1. The fraction of sp³-hybridized carbons (Fsp3) is 0.240. The molecule has 27 heavy (non-hydrogen) atoms. The second kappa shape index (κ2) is 9.18. The molecule has 0 bridgehead atoms. The molecule has 0 amide bonds. The van der Waals surface area contributed by atoms with Crippen molar-refractivity contribution in [2.24, 2.45) is 4.99 Å². The van der Waals surface area contributed by atoms with E-state index in [0.29, 0.717) is 12.5 Å². The molecule has 0 saturated carbocycles. The van der Waals surface area contributed by atoms with Gasteiger partial charge in [0.05, 0.1) is 6.04 Å². The Balaban J connectivity index is 1.62. The van der Waals surface area contributed by atoms with E-state index in [9.17, 15) is 0 Å². The van der Waals surface area contributed by atoms with Crippen molar-refractivity contribution >= 4 is 6.21 Å². The molecule has 1 unspecified atom stereocenters. The first-order valence-corrected chi connectivity index (χ1v) is 9.51. The molecule has 0 aliphatic heterocycles. The van der Waals surface area contributed by atoms with Gasteiger partial charge in [0.25, 0.3) is 0 Å². The Bertz CT molecular complexity index is 866. The van der Waals surface area contributed by atoms with E-state index in [1.54, 1.807) is 0 Å². The van der Waals surface area contributed by atoms with E-state index in [2.05, 4.69) is 57.2 Å². The molecule has 0 spiro atoms. The molecule has 0 radical (unpaired) electrons. The third-order valence-corrected chi connectivity index (χ3v) is 4.64. The lowest BCUT2D eigenvalue weighted by molar-refractivity contribution is 0.306. The quantitative estimate of drug-likeness (QED) is 0.438. The molecular weight excluding hydrogens is 330 g/mol. The summed E-state index contributed by atoms with van der Waals surface area (Å²) in [5.41, 5.74) is 4.80. The highest BCUT2D eigenvalue weighted by Gasteiger charge is 2.04. The molecule has 3 aromatic carbocycles. The van der Waals surface area contributed by atoms with Gasteiger partial charge in [0, 0.05) is 6.21 Å². The maximum Gasteiger partial charge on any atom is 0.120 e. The third kappa shape index (κ3) is 5.55. The minimum atomic E-state index is 0.125. The Morgan fingerprint density at radius 2 is 1.52 bits per heavy atom.